The minimum atomic E-state index is -4.88. The Balaban J connectivity index is 0.000000219. The minimum Gasteiger partial charge on any atom is -0.374 e. The molecule has 5 aromatic rings. The maximum atomic E-state index is 14.2. The van der Waals surface area contributed by atoms with Crippen LogP contribution >= 0.6 is 46.4 Å². The Kier molecular flexibility index (Phi) is 14.6. The highest BCUT2D eigenvalue weighted by Gasteiger charge is 2.63. The van der Waals surface area contributed by atoms with Crippen molar-refractivity contribution in [2.24, 2.45) is 10.3 Å². The van der Waals surface area contributed by atoms with Gasteiger partial charge in [-0.15, -0.1) is 0 Å². The van der Waals surface area contributed by atoms with E-state index in [9.17, 15) is 49.1 Å². The highest BCUT2D eigenvalue weighted by Crippen LogP contribution is 2.51. The third kappa shape index (κ3) is 11.2. The molecule has 2 unspecified atom stereocenters. The second kappa shape index (κ2) is 19.3. The number of hydrogen-bond donors (Lipinski definition) is 2. The average molecular weight is 1010 g/mol. The zero-order valence-electron chi connectivity index (χ0n) is 34.0. The van der Waals surface area contributed by atoms with Gasteiger partial charge in [-0.2, -0.15) is 39.5 Å². The number of nitrogens with zero attached hydrogens (tertiary/aromatic N) is 3. The second-order valence-corrected chi connectivity index (χ2v) is 16.7. The standard InChI is InChI=1S/C24H18Cl2F3N3O2.C20H14Cl2F6N2O2/c1-14-8-15(5-6-20(14)22(33)31-13-19-4-2-3-7-30-19)21-12-23(34-32-21,24(27,28)29)16-9-17(25)11-18(26)10-16;1-10-4-11(2-3-15(10)17(31)29-9-19(23,24)25)16-8-18(32-30-16,20(26,27)28)12-5-13(21)7-14(22)6-12/h2-11H,12-13H2,1H3,(H,31,33);2-7H,8-9H2,1H3,(H,29,31). The van der Waals surface area contributed by atoms with Crippen molar-refractivity contribution in [2.45, 2.75) is 63.0 Å². The van der Waals surface area contributed by atoms with Crippen LogP contribution in [0.25, 0.3) is 0 Å². The quantitative estimate of drug-likeness (QED) is 0.143. The third-order valence-electron chi connectivity index (χ3n) is 10.2. The number of alkyl halides is 9. The summed E-state index contributed by atoms with van der Waals surface area (Å²) in [5.41, 5.74) is -3.59. The molecule has 4 aromatic carbocycles. The monoisotopic (exact) mass is 1010 g/mol. The number of amides is 2. The van der Waals surface area contributed by atoms with Crippen LogP contribution < -0.4 is 10.6 Å². The van der Waals surface area contributed by atoms with E-state index in [0.717, 1.165) is 12.1 Å². The van der Waals surface area contributed by atoms with Gasteiger partial charge in [-0.3, -0.25) is 14.6 Å². The largest absolute Gasteiger partial charge is 0.435 e. The molecule has 66 heavy (non-hydrogen) atoms. The molecule has 3 heterocycles. The minimum absolute atomic E-state index is 0.0155. The Labute approximate surface area is 389 Å². The summed E-state index contributed by atoms with van der Waals surface area (Å²) in [5, 5.41) is 12.0. The first-order valence-corrected chi connectivity index (χ1v) is 20.6. The molecule has 9 nitrogen and oxygen atoms in total. The molecular weight excluding hydrogens is 975 g/mol. The van der Waals surface area contributed by atoms with Gasteiger partial charge in [0.25, 0.3) is 23.0 Å². The van der Waals surface area contributed by atoms with Crippen LogP contribution in [0.3, 0.4) is 0 Å². The molecule has 0 saturated heterocycles. The molecule has 0 bridgehead atoms. The maximum Gasteiger partial charge on any atom is 0.435 e. The number of nitrogens with one attached hydrogen (secondary N) is 2. The van der Waals surface area contributed by atoms with Gasteiger partial charge in [-0.1, -0.05) is 74.9 Å². The Morgan fingerprint density at radius 2 is 1.03 bits per heavy atom. The lowest BCUT2D eigenvalue weighted by molar-refractivity contribution is -0.276. The number of benzene rings is 4. The van der Waals surface area contributed by atoms with Gasteiger partial charge < -0.3 is 20.3 Å². The van der Waals surface area contributed by atoms with Crippen molar-refractivity contribution in [1.82, 2.24) is 15.6 Å². The topological polar surface area (TPSA) is 114 Å². The molecule has 0 spiro atoms. The number of rotatable bonds is 9. The maximum absolute atomic E-state index is 14.2. The molecule has 0 saturated carbocycles. The number of oxime groups is 2. The number of hydrogen-bond acceptors (Lipinski definition) is 7. The molecular formula is C44H32Cl4F9N5O4. The highest BCUT2D eigenvalue weighted by molar-refractivity contribution is 6.35. The summed E-state index contributed by atoms with van der Waals surface area (Å²) >= 11 is 23.6. The first kappa shape index (κ1) is 49.9. The molecule has 2 aliphatic rings. The molecule has 348 valence electrons. The van der Waals surface area contributed by atoms with Crippen molar-refractivity contribution in [3.63, 3.8) is 0 Å². The fraction of sp³-hybridized carbons (Fsp3) is 0.250. The van der Waals surface area contributed by atoms with Crippen molar-refractivity contribution in [3.05, 3.63) is 167 Å². The predicted octanol–water partition coefficient (Wildman–Crippen LogP) is 12.4. The lowest BCUT2D eigenvalue weighted by atomic mass is 9.86. The number of carbonyl (C=O) groups is 2. The first-order valence-electron chi connectivity index (χ1n) is 19.1. The highest BCUT2D eigenvalue weighted by atomic mass is 35.5. The van der Waals surface area contributed by atoms with Crippen molar-refractivity contribution >= 4 is 69.6 Å². The van der Waals surface area contributed by atoms with Gasteiger partial charge in [0, 0.05) is 61.4 Å². The van der Waals surface area contributed by atoms with E-state index in [1.54, 1.807) is 48.8 Å². The summed E-state index contributed by atoms with van der Waals surface area (Å²) in [7, 11) is 0. The Morgan fingerprint density at radius 1 is 0.606 bits per heavy atom. The fourth-order valence-electron chi connectivity index (χ4n) is 6.93. The van der Waals surface area contributed by atoms with Gasteiger partial charge in [0.05, 0.1) is 23.7 Å². The van der Waals surface area contributed by atoms with Crippen LogP contribution in [0.2, 0.25) is 20.1 Å². The molecule has 7 rings (SSSR count). The van der Waals surface area contributed by atoms with Gasteiger partial charge in [-0.25, -0.2) is 0 Å². The van der Waals surface area contributed by atoms with Gasteiger partial charge in [-0.05, 0) is 109 Å². The summed E-state index contributed by atoms with van der Waals surface area (Å²) in [6, 6.07) is 21.0. The van der Waals surface area contributed by atoms with Crippen LogP contribution in [-0.4, -0.2) is 53.3 Å². The Bertz CT molecular complexity index is 2680. The summed E-state index contributed by atoms with van der Waals surface area (Å²) in [4.78, 5) is 38.7. The summed E-state index contributed by atoms with van der Waals surface area (Å²) in [5.74, 6) is -1.29. The van der Waals surface area contributed by atoms with Crippen LogP contribution in [0.1, 0.15) is 72.6 Å². The number of aromatic nitrogens is 1. The van der Waals surface area contributed by atoms with Crippen molar-refractivity contribution in [1.29, 1.82) is 0 Å². The summed E-state index contributed by atoms with van der Waals surface area (Å²) in [6.07, 6.45) is -13.9. The van der Waals surface area contributed by atoms with Crippen molar-refractivity contribution < 1.29 is 58.8 Å². The Hall–Kier alpha value is -5.56. The molecule has 2 amide bonds. The van der Waals surface area contributed by atoms with Gasteiger partial charge in [0.1, 0.15) is 6.54 Å². The van der Waals surface area contributed by atoms with Crippen molar-refractivity contribution in [3.8, 4) is 0 Å². The van der Waals surface area contributed by atoms with Crippen LogP contribution in [0.5, 0.6) is 0 Å². The summed E-state index contributed by atoms with van der Waals surface area (Å²) < 4.78 is 122. The van der Waals surface area contributed by atoms with E-state index in [2.05, 4.69) is 20.6 Å². The zero-order chi connectivity index (χ0) is 48.4. The molecule has 2 atom stereocenters. The molecule has 2 aliphatic heterocycles. The van der Waals surface area contributed by atoms with Crippen molar-refractivity contribution in [2.75, 3.05) is 6.54 Å². The number of halogens is 13. The SMILES string of the molecule is Cc1cc(C2=NOC(c3cc(Cl)cc(Cl)c3)(C(F)(F)F)C2)ccc1C(=O)NCC(F)(F)F.Cc1cc(C2=NOC(c3cc(Cl)cc(Cl)c3)(C(F)(F)F)C2)ccc1C(=O)NCc1ccccn1. The molecule has 0 fully saturated rings. The summed E-state index contributed by atoms with van der Waals surface area (Å²) in [6.45, 7) is 1.88. The molecule has 2 N–H and O–H groups in total. The van der Waals surface area contributed by atoms with Gasteiger partial charge >= 0.3 is 18.5 Å². The average Bonchev–Trinajstić information content (AvgIpc) is 3.90. The van der Waals surface area contributed by atoms with Gasteiger partial charge in [0.15, 0.2) is 0 Å². The van der Waals surface area contributed by atoms with E-state index in [1.165, 1.54) is 49.4 Å². The predicted molar refractivity (Wildman–Crippen MR) is 229 cm³/mol. The number of carbonyl (C=O) groups excluding carboxylic acids is 2. The zero-order valence-corrected chi connectivity index (χ0v) is 37.0. The number of aryl methyl sites for hydroxylation is 2. The van der Waals surface area contributed by atoms with E-state index in [0.29, 0.717) is 22.4 Å². The number of pyridine rings is 1. The van der Waals surface area contributed by atoms with E-state index in [-0.39, 0.29) is 71.8 Å². The first-order chi connectivity index (χ1) is 30.8. The van der Waals surface area contributed by atoms with E-state index >= 15 is 0 Å². The third-order valence-corrected chi connectivity index (χ3v) is 11.1. The van der Waals surface area contributed by atoms with E-state index < -0.39 is 55.0 Å². The Morgan fingerprint density at radius 3 is 1.39 bits per heavy atom. The van der Waals surface area contributed by atoms with E-state index in [4.69, 9.17) is 56.1 Å². The van der Waals surface area contributed by atoms with Crippen LogP contribution in [0.4, 0.5) is 39.5 Å². The lowest BCUT2D eigenvalue weighted by Gasteiger charge is -2.29. The lowest BCUT2D eigenvalue weighted by Crippen LogP contribution is -2.42. The van der Waals surface area contributed by atoms with E-state index in [1.807, 2.05) is 6.07 Å². The second-order valence-electron chi connectivity index (χ2n) is 14.9. The smallest absolute Gasteiger partial charge is 0.374 e. The van der Waals surface area contributed by atoms with Crippen LogP contribution in [-0.2, 0) is 27.4 Å². The molecule has 0 aliphatic carbocycles. The van der Waals surface area contributed by atoms with Crippen LogP contribution in [0, 0.1) is 13.8 Å². The van der Waals surface area contributed by atoms with Gasteiger partial charge in [0.2, 0.25) is 0 Å². The molecule has 0 radical (unpaired) electrons. The van der Waals surface area contributed by atoms with Crippen LogP contribution in [0.15, 0.2) is 108 Å². The molecule has 22 heteroatoms. The normalized spacial score (nSPS) is 18.3. The fourth-order valence-corrected chi connectivity index (χ4v) is 7.98. The molecule has 1 aromatic heterocycles.